The summed E-state index contributed by atoms with van der Waals surface area (Å²) < 4.78 is 7.32. The minimum atomic E-state index is -2.17. The number of carboxylic acids is 2. The molecule has 14 nitrogen and oxygen atoms in total. The first-order valence-electron chi connectivity index (χ1n) is 16.5. The smallest absolute Gasteiger partial charge is 0.359 e. The molecule has 1 aliphatic heterocycles. The Morgan fingerprint density at radius 3 is 2.43 bits per heavy atom. The molecule has 0 saturated heterocycles. The minimum Gasteiger partial charge on any atom is -0.508 e. The van der Waals surface area contributed by atoms with Gasteiger partial charge in [-0.3, -0.25) is 0 Å². The van der Waals surface area contributed by atoms with Gasteiger partial charge in [-0.05, 0) is 66.9 Å². The highest BCUT2D eigenvalue weighted by Gasteiger charge is 2.63. The van der Waals surface area contributed by atoms with Gasteiger partial charge in [0.15, 0.2) is 5.69 Å². The van der Waals surface area contributed by atoms with Crippen LogP contribution in [0.15, 0.2) is 65.3 Å². The number of aromatic nitrogens is 3. The van der Waals surface area contributed by atoms with Crippen LogP contribution >= 0.6 is 0 Å². The zero-order valence-electron chi connectivity index (χ0n) is 26.8. The number of aromatic carboxylic acids is 2. The van der Waals surface area contributed by atoms with Gasteiger partial charge < -0.3 is 40.2 Å². The Kier molecular flexibility index (Phi) is 9.99. The van der Waals surface area contributed by atoms with Gasteiger partial charge in [-0.2, -0.15) is 0 Å². The molecule has 3 aromatic rings. The van der Waals surface area contributed by atoms with Crippen LogP contribution in [0.5, 0.6) is 11.5 Å². The summed E-state index contributed by atoms with van der Waals surface area (Å²) in [6, 6.07) is 12.7. The number of oxime groups is 1. The zero-order valence-corrected chi connectivity index (χ0v) is 26.8. The van der Waals surface area contributed by atoms with Crippen LogP contribution in [0.25, 0.3) is 0 Å². The Balaban J connectivity index is 1.55. The number of aromatic hydroxyl groups is 1. The van der Waals surface area contributed by atoms with Crippen molar-refractivity contribution in [3.63, 3.8) is 0 Å². The fraction of sp³-hybridized carbons (Fsp3) is 0.457. The third-order valence-corrected chi connectivity index (χ3v) is 9.90. The topological polar surface area (TPSA) is 217 Å². The summed E-state index contributed by atoms with van der Waals surface area (Å²) >= 11 is 0. The standard InChI is InChI=1S/C35H40N4O10/c40-14-6-4-10-21-16-24-26(37-48-19-20-8-2-1-3-9-20)18-28(39-32(34(45)46)31(33(43)44)36-38-39)35(47)30(24)29(23(21)11-5-7-15-41)25-17-22(42)12-13-27(25)49-35/h1-3,8-9,12-13,16-17,21,23,28-30,40-42,47H,4-7,10-11,14-15,18-19H2,(H,43,44)(H,45,46). The predicted octanol–water partition coefficient (Wildman–Crippen LogP) is 3.88. The number of hydrogen-bond acceptors (Lipinski definition) is 11. The number of unbranched alkanes of at least 4 members (excludes halogenated alkanes) is 2. The third kappa shape index (κ3) is 6.51. The average molecular weight is 677 g/mol. The van der Waals surface area contributed by atoms with Crippen molar-refractivity contribution >= 4 is 17.7 Å². The van der Waals surface area contributed by atoms with Gasteiger partial charge in [0, 0.05) is 31.1 Å². The number of nitrogens with zero attached hydrogens (tertiary/aromatic N) is 4. The number of aliphatic hydroxyl groups is 3. The fourth-order valence-electron chi connectivity index (χ4n) is 7.82. The van der Waals surface area contributed by atoms with E-state index in [4.69, 9.17) is 9.57 Å². The van der Waals surface area contributed by atoms with Crippen LogP contribution < -0.4 is 4.74 Å². The van der Waals surface area contributed by atoms with Crippen LogP contribution in [0.2, 0.25) is 0 Å². The molecule has 1 fully saturated rings. The van der Waals surface area contributed by atoms with E-state index in [1.165, 1.54) is 6.07 Å². The van der Waals surface area contributed by atoms with Gasteiger partial charge >= 0.3 is 11.9 Å². The molecule has 14 heteroatoms. The van der Waals surface area contributed by atoms with E-state index >= 15 is 0 Å². The van der Waals surface area contributed by atoms with E-state index in [1.807, 2.05) is 30.3 Å². The van der Waals surface area contributed by atoms with Crippen molar-refractivity contribution in [1.29, 1.82) is 0 Å². The van der Waals surface area contributed by atoms with Gasteiger partial charge in [0.1, 0.15) is 24.1 Å². The third-order valence-electron chi connectivity index (χ3n) is 9.90. The predicted molar refractivity (Wildman–Crippen MR) is 173 cm³/mol. The number of allylic oxidation sites excluding steroid dienone is 1. The molecule has 3 aliphatic rings. The molecular weight excluding hydrogens is 636 g/mol. The summed E-state index contributed by atoms with van der Waals surface area (Å²) in [5, 5.41) is 74.8. The van der Waals surface area contributed by atoms with Crippen molar-refractivity contribution in [2.75, 3.05) is 13.2 Å². The molecule has 0 amide bonds. The number of aliphatic hydroxyl groups excluding tert-OH is 2. The largest absolute Gasteiger partial charge is 0.508 e. The molecule has 2 heterocycles. The number of hydrogen-bond donors (Lipinski definition) is 6. The normalized spacial score (nSPS) is 26.3. The second kappa shape index (κ2) is 14.4. The van der Waals surface area contributed by atoms with Crippen LogP contribution in [0, 0.1) is 17.8 Å². The average Bonchev–Trinajstić information content (AvgIpc) is 3.53. The van der Waals surface area contributed by atoms with E-state index in [1.54, 1.807) is 12.1 Å². The second-order valence-corrected chi connectivity index (χ2v) is 12.8. The molecule has 6 rings (SSSR count). The molecule has 6 unspecified atom stereocenters. The highest BCUT2D eigenvalue weighted by Crippen LogP contribution is 2.62. The maximum atomic E-state index is 12.9. The van der Waals surface area contributed by atoms with Gasteiger partial charge in [-0.25, -0.2) is 14.3 Å². The SMILES string of the molecule is O=C(O)c1nnn(C2CC(=NOCc3ccccc3)C3=CC(CCCCO)C(CCCCO)C4c5cc(O)ccc5OC2(O)C34)c1C(=O)O. The van der Waals surface area contributed by atoms with Crippen molar-refractivity contribution < 1.29 is 49.8 Å². The maximum Gasteiger partial charge on any atom is 0.359 e. The van der Waals surface area contributed by atoms with Crippen LogP contribution in [-0.2, 0) is 11.4 Å². The van der Waals surface area contributed by atoms with Gasteiger partial charge in [0.25, 0.3) is 0 Å². The van der Waals surface area contributed by atoms with Crippen LogP contribution in [0.4, 0.5) is 0 Å². The lowest BCUT2D eigenvalue weighted by Gasteiger charge is -2.56. The molecule has 1 saturated carbocycles. The molecule has 1 aromatic heterocycles. The number of rotatable bonds is 14. The van der Waals surface area contributed by atoms with E-state index in [9.17, 15) is 40.2 Å². The number of carboxylic acid groups (broad SMARTS) is 2. The molecule has 2 aliphatic carbocycles. The maximum absolute atomic E-state index is 12.9. The lowest BCUT2D eigenvalue weighted by Crippen LogP contribution is -2.62. The Morgan fingerprint density at radius 2 is 1.73 bits per heavy atom. The molecule has 0 bridgehead atoms. The summed E-state index contributed by atoms with van der Waals surface area (Å²) in [5.41, 5.74) is 1.03. The first kappa shape index (κ1) is 34.1. The monoisotopic (exact) mass is 676 g/mol. The highest BCUT2D eigenvalue weighted by molar-refractivity contribution is 6.03. The molecule has 6 atom stereocenters. The van der Waals surface area contributed by atoms with E-state index in [0.717, 1.165) is 16.7 Å². The van der Waals surface area contributed by atoms with Crippen LogP contribution in [0.1, 0.15) is 89.0 Å². The molecule has 49 heavy (non-hydrogen) atoms. The van der Waals surface area contributed by atoms with E-state index in [-0.39, 0.29) is 49.6 Å². The lowest BCUT2D eigenvalue weighted by atomic mass is 9.55. The number of phenols is 1. The van der Waals surface area contributed by atoms with Gasteiger partial charge in [-0.15, -0.1) is 5.10 Å². The molecule has 6 N–H and O–H groups in total. The summed E-state index contributed by atoms with van der Waals surface area (Å²) in [6.45, 7) is 0.179. The van der Waals surface area contributed by atoms with Crippen molar-refractivity contribution in [3.05, 3.63) is 82.7 Å². The molecular formula is C35H40N4O10. The number of ether oxygens (including phenoxy) is 1. The number of benzene rings is 2. The lowest BCUT2D eigenvalue weighted by molar-refractivity contribution is -0.225. The highest BCUT2D eigenvalue weighted by atomic mass is 16.6. The molecule has 0 radical (unpaired) electrons. The van der Waals surface area contributed by atoms with E-state index < -0.39 is 47.0 Å². The van der Waals surface area contributed by atoms with Crippen LogP contribution in [0.3, 0.4) is 0 Å². The Bertz CT molecular complexity index is 1740. The number of phenolic OH excluding ortho intramolecular Hbond substituents is 1. The minimum absolute atomic E-state index is 0.00202. The van der Waals surface area contributed by atoms with Crippen molar-refractivity contribution in [2.45, 2.75) is 69.3 Å². The summed E-state index contributed by atoms with van der Waals surface area (Å²) in [6.07, 6.45) is 5.84. The Labute approximate surface area is 281 Å². The van der Waals surface area contributed by atoms with Crippen molar-refractivity contribution in [2.24, 2.45) is 22.9 Å². The van der Waals surface area contributed by atoms with E-state index in [0.29, 0.717) is 49.0 Å². The quantitative estimate of drug-likeness (QED) is 0.106. The fourth-order valence-corrected chi connectivity index (χ4v) is 7.82. The first-order chi connectivity index (χ1) is 23.7. The van der Waals surface area contributed by atoms with Crippen LogP contribution in [-0.4, -0.2) is 82.3 Å². The van der Waals surface area contributed by atoms with Gasteiger partial charge in [-0.1, -0.05) is 59.6 Å². The Hall–Kier alpha value is -4.79. The second-order valence-electron chi connectivity index (χ2n) is 12.8. The van der Waals surface area contributed by atoms with Gasteiger partial charge in [0.05, 0.1) is 11.6 Å². The number of fused-ring (bicyclic) bond motifs is 2. The first-order valence-corrected chi connectivity index (χ1v) is 16.5. The molecule has 0 spiro atoms. The number of carbonyl (C=O) groups is 2. The summed E-state index contributed by atoms with van der Waals surface area (Å²) in [4.78, 5) is 30.4. The summed E-state index contributed by atoms with van der Waals surface area (Å²) in [7, 11) is 0. The van der Waals surface area contributed by atoms with E-state index in [2.05, 4.69) is 21.5 Å². The van der Waals surface area contributed by atoms with Crippen molar-refractivity contribution in [3.8, 4) is 11.5 Å². The molecule has 2 aromatic carbocycles. The Morgan fingerprint density at radius 1 is 1.00 bits per heavy atom. The zero-order chi connectivity index (χ0) is 34.7. The summed E-state index contributed by atoms with van der Waals surface area (Å²) in [5.74, 6) is -6.65. The van der Waals surface area contributed by atoms with Gasteiger partial charge in [0.2, 0.25) is 11.5 Å². The molecule has 260 valence electrons. The van der Waals surface area contributed by atoms with Crippen molar-refractivity contribution in [1.82, 2.24) is 15.0 Å².